The molecule has 0 unspecified atom stereocenters. The van der Waals surface area contributed by atoms with Crippen molar-refractivity contribution in [3.05, 3.63) is 0 Å². The summed E-state index contributed by atoms with van der Waals surface area (Å²) in [5.41, 5.74) is 0. The molecule has 1 fully saturated rings. The van der Waals surface area contributed by atoms with Gasteiger partial charge in [0.25, 0.3) is 0 Å². The number of carboxylic acids is 1. The topological polar surface area (TPSA) is 77.5 Å². The van der Waals surface area contributed by atoms with Crippen molar-refractivity contribution in [1.82, 2.24) is 4.90 Å². The Kier molecular flexibility index (Phi) is 9.56. The highest BCUT2D eigenvalue weighted by atomic mass is 16.6. The van der Waals surface area contributed by atoms with Crippen molar-refractivity contribution in [2.45, 2.75) is 0 Å². The van der Waals surface area contributed by atoms with Crippen molar-refractivity contribution in [2.75, 3.05) is 72.5 Å². The van der Waals surface area contributed by atoms with E-state index in [1.165, 1.54) is 0 Å². The van der Waals surface area contributed by atoms with E-state index in [2.05, 4.69) is 0 Å². The van der Waals surface area contributed by atoms with E-state index >= 15 is 0 Å². The highest BCUT2D eigenvalue weighted by Crippen LogP contribution is 1.92. The molecule has 1 saturated heterocycles. The quantitative estimate of drug-likeness (QED) is 0.726. The van der Waals surface area contributed by atoms with E-state index in [1.807, 2.05) is 0 Å². The molecule has 0 atom stereocenters. The average Bonchev–Trinajstić information content (AvgIpc) is 2.38. The first-order valence-corrected chi connectivity index (χ1v) is 6.54. The maximum Gasteiger partial charge on any atom is 0.317 e. The summed E-state index contributed by atoms with van der Waals surface area (Å²) in [5, 5.41) is 8.81. The van der Waals surface area contributed by atoms with Gasteiger partial charge in [0.1, 0.15) is 0 Å². The van der Waals surface area contributed by atoms with Crippen LogP contribution in [0.5, 0.6) is 0 Å². The Morgan fingerprint density at radius 3 is 1.53 bits per heavy atom. The van der Waals surface area contributed by atoms with E-state index in [1.54, 1.807) is 4.90 Å². The van der Waals surface area contributed by atoms with Crippen LogP contribution < -0.4 is 0 Å². The highest BCUT2D eigenvalue weighted by molar-refractivity contribution is 5.69. The van der Waals surface area contributed by atoms with Crippen LogP contribution in [0.1, 0.15) is 0 Å². The molecular formula is C12H23NO6. The lowest BCUT2D eigenvalue weighted by molar-refractivity contribution is -0.138. The molecular weight excluding hydrogens is 254 g/mol. The van der Waals surface area contributed by atoms with Gasteiger partial charge in [-0.05, 0) is 0 Å². The normalized spacial score (nSPS) is 22.3. The summed E-state index contributed by atoms with van der Waals surface area (Å²) in [7, 11) is 0. The van der Waals surface area contributed by atoms with E-state index in [0.717, 1.165) is 0 Å². The summed E-state index contributed by atoms with van der Waals surface area (Å²) in [5.74, 6) is -0.843. The second kappa shape index (κ2) is 11.1. The van der Waals surface area contributed by atoms with Crippen LogP contribution in [0.15, 0.2) is 0 Å². The minimum atomic E-state index is -0.843. The molecule has 7 nitrogen and oxygen atoms in total. The molecule has 0 bridgehead atoms. The Bertz CT molecular complexity index is 222. The Morgan fingerprint density at radius 2 is 1.16 bits per heavy atom. The summed E-state index contributed by atoms with van der Waals surface area (Å²) in [4.78, 5) is 12.5. The zero-order chi connectivity index (χ0) is 13.8. The Balaban J connectivity index is 2.27. The molecule has 112 valence electrons. The average molecular weight is 277 g/mol. The zero-order valence-corrected chi connectivity index (χ0v) is 11.2. The first-order valence-electron chi connectivity index (χ1n) is 6.54. The predicted molar refractivity (Wildman–Crippen MR) is 67.4 cm³/mol. The smallest absolute Gasteiger partial charge is 0.317 e. The van der Waals surface area contributed by atoms with Crippen molar-refractivity contribution >= 4 is 5.97 Å². The molecule has 0 spiro atoms. The van der Waals surface area contributed by atoms with Crippen LogP contribution in [-0.4, -0.2) is 88.5 Å². The van der Waals surface area contributed by atoms with Crippen LogP contribution in [0.4, 0.5) is 0 Å². The summed E-state index contributed by atoms with van der Waals surface area (Å²) < 4.78 is 21.4. The standard InChI is InChI=1S/C12H23NO6/c14-12(15)11-13-1-3-16-5-7-18-9-10-19-8-6-17-4-2-13/h1-11H2,(H,14,15). The fourth-order valence-corrected chi connectivity index (χ4v) is 1.61. The number of hydrogen-bond donors (Lipinski definition) is 1. The van der Waals surface area contributed by atoms with Crippen molar-refractivity contribution in [3.8, 4) is 0 Å². The van der Waals surface area contributed by atoms with Crippen molar-refractivity contribution in [1.29, 1.82) is 0 Å². The molecule has 0 aromatic rings. The van der Waals surface area contributed by atoms with Gasteiger partial charge in [-0.25, -0.2) is 0 Å². The fourth-order valence-electron chi connectivity index (χ4n) is 1.61. The summed E-state index contributed by atoms with van der Waals surface area (Å²) in [6.07, 6.45) is 0. The Morgan fingerprint density at radius 1 is 0.789 bits per heavy atom. The Labute approximate surface area is 113 Å². The van der Waals surface area contributed by atoms with Crippen molar-refractivity contribution in [3.63, 3.8) is 0 Å². The number of hydrogen-bond acceptors (Lipinski definition) is 6. The van der Waals surface area contributed by atoms with Gasteiger partial charge in [0, 0.05) is 13.1 Å². The van der Waals surface area contributed by atoms with Crippen LogP contribution in [0.3, 0.4) is 0 Å². The molecule has 1 aliphatic rings. The third-order valence-electron chi connectivity index (χ3n) is 2.58. The van der Waals surface area contributed by atoms with E-state index in [9.17, 15) is 4.79 Å². The van der Waals surface area contributed by atoms with Crippen LogP contribution in [0, 0.1) is 0 Å². The van der Waals surface area contributed by atoms with Crippen molar-refractivity contribution < 1.29 is 28.8 Å². The number of ether oxygens (including phenoxy) is 4. The first kappa shape index (κ1) is 16.3. The van der Waals surface area contributed by atoms with Crippen LogP contribution in [0.25, 0.3) is 0 Å². The third-order valence-corrected chi connectivity index (χ3v) is 2.58. The van der Waals surface area contributed by atoms with Crippen LogP contribution in [-0.2, 0) is 23.7 Å². The molecule has 0 amide bonds. The van der Waals surface area contributed by atoms with Gasteiger partial charge in [0.15, 0.2) is 0 Å². The van der Waals surface area contributed by atoms with Gasteiger partial charge < -0.3 is 24.1 Å². The van der Waals surface area contributed by atoms with Gasteiger partial charge in [0.2, 0.25) is 0 Å². The summed E-state index contributed by atoms with van der Waals surface area (Å²) in [6, 6.07) is 0. The van der Waals surface area contributed by atoms with Crippen molar-refractivity contribution in [2.24, 2.45) is 0 Å². The second-order valence-corrected chi connectivity index (χ2v) is 4.12. The lowest BCUT2D eigenvalue weighted by Crippen LogP contribution is -2.35. The van der Waals surface area contributed by atoms with Gasteiger partial charge in [0.05, 0.1) is 59.4 Å². The van der Waals surface area contributed by atoms with Crippen LogP contribution in [0.2, 0.25) is 0 Å². The maximum absolute atomic E-state index is 10.7. The molecule has 19 heavy (non-hydrogen) atoms. The fraction of sp³-hybridized carbons (Fsp3) is 0.917. The molecule has 0 radical (unpaired) electrons. The number of carbonyl (C=O) groups is 1. The molecule has 0 aliphatic carbocycles. The minimum absolute atomic E-state index is 0.000278. The molecule has 0 aromatic heterocycles. The highest BCUT2D eigenvalue weighted by Gasteiger charge is 2.09. The molecule has 0 aromatic carbocycles. The van der Waals surface area contributed by atoms with Gasteiger partial charge in [-0.15, -0.1) is 0 Å². The third kappa shape index (κ3) is 9.80. The molecule has 0 saturated carbocycles. The molecule has 1 N–H and O–H groups in total. The van der Waals surface area contributed by atoms with E-state index in [0.29, 0.717) is 65.9 Å². The van der Waals surface area contributed by atoms with Gasteiger partial charge in [-0.3, -0.25) is 9.69 Å². The SMILES string of the molecule is O=C(O)CN1CCOCCOCCOCCOCC1. The summed E-state index contributed by atoms with van der Waals surface area (Å²) in [6.45, 7) is 5.31. The zero-order valence-electron chi connectivity index (χ0n) is 11.2. The Hall–Kier alpha value is -0.730. The van der Waals surface area contributed by atoms with Crippen LogP contribution >= 0.6 is 0 Å². The van der Waals surface area contributed by atoms with Gasteiger partial charge in [-0.2, -0.15) is 0 Å². The predicted octanol–water partition coefficient (Wildman–Crippen LogP) is -0.547. The van der Waals surface area contributed by atoms with Gasteiger partial charge in [-0.1, -0.05) is 0 Å². The summed E-state index contributed by atoms with van der Waals surface area (Å²) >= 11 is 0. The minimum Gasteiger partial charge on any atom is -0.480 e. The van der Waals surface area contributed by atoms with E-state index in [-0.39, 0.29) is 6.54 Å². The number of aliphatic carboxylic acids is 1. The molecule has 1 rings (SSSR count). The van der Waals surface area contributed by atoms with E-state index < -0.39 is 5.97 Å². The van der Waals surface area contributed by atoms with Gasteiger partial charge >= 0.3 is 5.97 Å². The lowest BCUT2D eigenvalue weighted by atomic mass is 10.4. The molecule has 1 aliphatic heterocycles. The monoisotopic (exact) mass is 277 g/mol. The first-order chi connectivity index (χ1) is 9.29. The number of carboxylic acid groups (broad SMARTS) is 1. The second-order valence-electron chi connectivity index (χ2n) is 4.12. The largest absolute Gasteiger partial charge is 0.480 e. The maximum atomic E-state index is 10.7. The molecule has 1 heterocycles. The number of nitrogens with zero attached hydrogens (tertiary/aromatic N) is 1. The molecule has 7 heteroatoms. The van der Waals surface area contributed by atoms with E-state index in [4.69, 9.17) is 24.1 Å². The lowest BCUT2D eigenvalue weighted by Gasteiger charge is -2.19. The number of rotatable bonds is 2.